The molecule has 0 saturated carbocycles. The van der Waals surface area contributed by atoms with E-state index >= 15 is 0 Å². The topological polar surface area (TPSA) is 67.9 Å². The van der Waals surface area contributed by atoms with E-state index in [0.29, 0.717) is 25.3 Å². The lowest BCUT2D eigenvalue weighted by atomic mass is 10.1. The Labute approximate surface area is 165 Å². The summed E-state index contributed by atoms with van der Waals surface area (Å²) in [5.41, 5.74) is -0.331. The van der Waals surface area contributed by atoms with Crippen molar-refractivity contribution in [3.63, 3.8) is 0 Å². The minimum absolute atomic E-state index is 0.0794. The molecule has 2 aromatic rings. The van der Waals surface area contributed by atoms with Gasteiger partial charge >= 0.3 is 12.3 Å². The summed E-state index contributed by atoms with van der Waals surface area (Å²) in [7, 11) is 0. The molecule has 2 aromatic carbocycles. The van der Waals surface area contributed by atoms with Crippen molar-refractivity contribution in [3.05, 3.63) is 53.6 Å². The number of halogens is 3. The number of hydrogen-bond acceptors (Lipinski definition) is 4. The zero-order valence-corrected chi connectivity index (χ0v) is 15.6. The Morgan fingerprint density at radius 2 is 2.03 bits per heavy atom. The average Bonchev–Trinajstić information content (AvgIpc) is 3.12. The van der Waals surface area contributed by atoms with Crippen LogP contribution in [0, 0.1) is 0 Å². The Bertz CT molecular complexity index is 915. The van der Waals surface area contributed by atoms with Crippen molar-refractivity contribution in [3.8, 4) is 5.75 Å². The van der Waals surface area contributed by atoms with Gasteiger partial charge in [0.05, 0.1) is 24.4 Å². The normalized spacial score (nSPS) is 13.9. The van der Waals surface area contributed by atoms with Crippen molar-refractivity contribution in [2.75, 3.05) is 30.0 Å². The van der Waals surface area contributed by atoms with Gasteiger partial charge in [-0.3, -0.25) is 9.69 Å². The molecule has 0 aliphatic carbocycles. The lowest BCUT2D eigenvalue weighted by Crippen LogP contribution is -2.23. The third-order valence-electron chi connectivity index (χ3n) is 4.20. The Kier molecular flexibility index (Phi) is 5.95. The van der Waals surface area contributed by atoms with Gasteiger partial charge in [0.2, 0.25) is 0 Å². The van der Waals surface area contributed by atoms with Gasteiger partial charge in [0.1, 0.15) is 12.4 Å². The van der Waals surface area contributed by atoms with E-state index in [1.54, 1.807) is 12.1 Å². The first kappa shape index (κ1) is 20.5. The Hall–Kier alpha value is -3.23. The summed E-state index contributed by atoms with van der Waals surface area (Å²) in [5, 5.41) is 2.48. The van der Waals surface area contributed by atoms with E-state index in [0.717, 1.165) is 12.1 Å². The minimum Gasteiger partial charge on any atom is -0.491 e. The summed E-state index contributed by atoms with van der Waals surface area (Å²) in [6.07, 6.45) is -4.42. The molecule has 2 amide bonds. The molecule has 0 aromatic heterocycles. The maximum atomic E-state index is 13.1. The van der Waals surface area contributed by atoms with Crippen LogP contribution >= 0.6 is 0 Å². The van der Waals surface area contributed by atoms with Crippen molar-refractivity contribution in [2.24, 2.45) is 0 Å². The summed E-state index contributed by atoms with van der Waals surface area (Å²) in [4.78, 5) is 25.7. The van der Waals surface area contributed by atoms with Crippen molar-refractivity contribution in [1.29, 1.82) is 0 Å². The van der Waals surface area contributed by atoms with Gasteiger partial charge in [-0.25, -0.2) is 4.79 Å². The molecule has 1 N–H and O–H groups in total. The van der Waals surface area contributed by atoms with Crippen LogP contribution in [-0.4, -0.2) is 31.8 Å². The molecular formula is C20H19F3N2O4. The average molecular weight is 408 g/mol. The highest BCUT2D eigenvalue weighted by atomic mass is 19.4. The standard InChI is InChI=1S/C20H19F3N2O4/c1-2-9-28-17-7-6-14(20(21,22)23)12-16(17)24-18(26)13-4-3-5-15(11-13)25-8-10-29-19(25)27/h3-7,11-12H,2,8-10H2,1H3,(H,24,26). The zero-order valence-electron chi connectivity index (χ0n) is 15.6. The Morgan fingerprint density at radius 3 is 2.69 bits per heavy atom. The van der Waals surface area contributed by atoms with Crippen LogP contribution in [0.4, 0.5) is 29.3 Å². The molecule has 0 atom stereocenters. The smallest absolute Gasteiger partial charge is 0.416 e. The van der Waals surface area contributed by atoms with Gasteiger partial charge in [0.25, 0.3) is 5.91 Å². The minimum atomic E-state index is -4.56. The first-order chi connectivity index (χ1) is 13.8. The maximum absolute atomic E-state index is 13.1. The van der Waals surface area contributed by atoms with Crippen molar-refractivity contribution in [2.45, 2.75) is 19.5 Å². The molecule has 9 heteroatoms. The largest absolute Gasteiger partial charge is 0.491 e. The number of anilines is 2. The number of nitrogens with one attached hydrogen (secondary N) is 1. The molecule has 29 heavy (non-hydrogen) atoms. The summed E-state index contributed by atoms with van der Waals surface area (Å²) in [6.45, 7) is 2.75. The molecule has 0 unspecified atom stereocenters. The molecule has 6 nitrogen and oxygen atoms in total. The fourth-order valence-electron chi connectivity index (χ4n) is 2.78. The fraction of sp³-hybridized carbons (Fsp3) is 0.300. The number of rotatable bonds is 6. The molecule has 1 aliphatic heterocycles. The summed E-state index contributed by atoms with van der Waals surface area (Å²) in [5.74, 6) is -0.479. The van der Waals surface area contributed by atoms with E-state index in [-0.39, 0.29) is 23.6 Å². The number of alkyl halides is 3. The first-order valence-corrected chi connectivity index (χ1v) is 8.99. The molecule has 0 radical (unpaired) electrons. The summed E-state index contributed by atoms with van der Waals surface area (Å²) in [6, 6.07) is 9.12. The number of ether oxygens (including phenoxy) is 2. The van der Waals surface area contributed by atoms with Gasteiger partial charge in [-0.15, -0.1) is 0 Å². The molecular weight excluding hydrogens is 389 g/mol. The number of benzene rings is 2. The van der Waals surface area contributed by atoms with E-state index in [1.807, 2.05) is 6.92 Å². The number of cyclic esters (lactones) is 1. The van der Waals surface area contributed by atoms with Gasteiger partial charge in [-0.05, 0) is 42.8 Å². The van der Waals surface area contributed by atoms with E-state index in [1.165, 1.54) is 23.1 Å². The lowest BCUT2D eigenvalue weighted by Gasteiger charge is -2.16. The SMILES string of the molecule is CCCOc1ccc(C(F)(F)F)cc1NC(=O)c1cccc(N2CCOC2=O)c1. The molecule has 3 rings (SSSR count). The van der Waals surface area contributed by atoms with E-state index < -0.39 is 23.7 Å². The van der Waals surface area contributed by atoms with Crippen molar-refractivity contribution < 1.29 is 32.2 Å². The molecule has 0 spiro atoms. The van der Waals surface area contributed by atoms with E-state index in [9.17, 15) is 22.8 Å². The second-order valence-electron chi connectivity index (χ2n) is 6.33. The maximum Gasteiger partial charge on any atom is 0.416 e. The van der Waals surface area contributed by atoms with Crippen LogP contribution in [0.5, 0.6) is 5.75 Å². The van der Waals surface area contributed by atoms with Crippen LogP contribution < -0.4 is 15.0 Å². The van der Waals surface area contributed by atoms with Crippen LogP contribution in [0.1, 0.15) is 29.3 Å². The first-order valence-electron chi connectivity index (χ1n) is 8.99. The number of carbonyl (C=O) groups excluding carboxylic acids is 2. The van der Waals surface area contributed by atoms with Crippen LogP contribution in [-0.2, 0) is 10.9 Å². The third kappa shape index (κ3) is 4.79. The molecule has 1 fully saturated rings. The van der Waals surface area contributed by atoms with Gasteiger partial charge in [0, 0.05) is 11.3 Å². The fourth-order valence-corrected chi connectivity index (χ4v) is 2.78. The Balaban J connectivity index is 1.86. The molecule has 1 heterocycles. The summed E-state index contributed by atoms with van der Waals surface area (Å²) >= 11 is 0. The number of amides is 2. The predicted molar refractivity (Wildman–Crippen MR) is 100 cm³/mol. The van der Waals surface area contributed by atoms with Gasteiger partial charge in [-0.1, -0.05) is 13.0 Å². The molecule has 1 saturated heterocycles. The van der Waals surface area contributed by atoms with Crippen LogP contribution in [0.2, 0.25) is 0 Å². The van der Waals surface area contributed by atoms with E-state index in [2.05, 4.69) is 5.32 Å². The quantitative estimate of drug-likeness (QED) is 0.752. The Morgan fingerprint density at radius 1 is 1.24 bits per heavy atom. The van der Waals surface area contributed by atoms with Crippen molar-refractivity contribution in [1.82, 2.24) is 0 Å². The molecule has 1 aliphatic rings. The predicted octanol–water partition coefficient (Wildman–Crippen LogP) is 4.70. The molecule has 0 bridgehead atoms. The van der Waals surface area contributed by atoms with E-state index in [4.69, 9.17) is 9.47 Å². The highest BCUT2D eigenvalue weighted by molar-refractivity contribution is 6.06. The molecule has 154 valence electrons. The van der Waals surface area contributed by atoms with Crippen molar-refractivity contribution >= 4 is 23.4 Å². The lowest BCUT2D eigenvalue weighted by molar-refractivity contribution is -0.137. The van der Waals surface area contributed by atoms with Gasteiger partial charge in [0.15, 0.2) is 0 Å². The monoisotopic (exact) mass is 408 g/mol. The van der Waals surface area contributed by atoms with Crippen LogP contribution in [0.15, 0.2) is 42.5 Å². The second kappa shape index (κ2) is 8.42. The highest BCUT2D eigenvalue weighted by Gasteiger charge is 2.31. The number of carbonyl (C=O) groups is 2. The number of hydrogen-bond donors (Lipinski definition) is 1. The van der Waals surface area contributed by atoms with Gasteiger partial charge in [-0.2, -0.15) is 13.2 Å². The highest BCUT2D eigenvalue weighted by Crippen LogP contribution is 2.35. The summed E-state index contributed by atoms with van der Waals surface area (Å²) < 4.78 is 49.6. The zero-order chi connectivity index (χ0) is 21.0. The van der Waals surface area contributed by atoms with Gasteiger partial charge < -0.3 is 14.8 Å². The third-order valence-corrected chi connectivity index (χ3v) is 4.20. The second-order valence-corrected chi connectivity index (χ2v) is 6.33. The van der Waals surface area contributed by atoms with Crippen LogP contribution in [0.3, 0.4) is 0 Å². The number of nitrogens with zero attached hydrogens (tertiary/aromatic N) is 1. The van der Waals surface area contributed by atoms with Crippen LogP contribution in [0.25, 0.3) is 0 Å².